The first-order valence-corrected chi connectivity index (χ1v) is 6.71. The Morgan fingerprint density at radius 1 is 1.32 bits per heavy atom. The highest BCUT2D eigenvalue weighted by atomic mass is 16.5. The van der Waals surface area contributed by atoms with Crippen molar-refractivity contribution >= 4 is 11.9 Å². The Labute approximate surface area is 112 Å². The molecule has 0 bridgehead atoms. The molecule has 1 aromatic heterocycles. The fourth-order valence-electron chi connectivity index (χ4n) is 2.52. The smallest absolute Gasteiger partial charge is 0.339 e. The number of carbonyl (C=O) groups is 2. The monoisotopic (exact) mass is 265 g/mol. The second-order valence-electron chi connectivity index (χ2n) is 4.48. The number of nitrogens with zero attached hydrogens (tertiary/aromatic N) is 1. The van der Waals surface area contributed by atoms with Crippen LogP contribution < -0.4 is 0 Å². The van der Waals surface area contributed by atoms with Crippen LogP contribution in [-0.2, 0) is 20.8 Å². The van der Waals surface area contributed by atoms with Gasteiger partial charge in [-0.05, 0) is 32.8 Å². The van der Waals surface area contributed by atoms with E-state index in [1.165, 1.54) is 0 Å². The summed E-state index contributed by atoms with van der Waals surface area (Å²) in [5.74, 6) is -0.983. The number of rotatable bonds is 4. The summed E-state index contributed by atoms with van der Waals surface area (Å²) in [5.41, 5.74) is 1.22. The Bertz CT molecular complexity index is 478. The maximum absolute atomic E-state index is 12.0. The van der Waals surface area contributed by atoms with Crippen LogP contribution in [0.4, 0.5) is 0 Å². The second kappa shape index (κ2) is 5.91. The molecule has 5 heteroatoms. The van der Waals surface area contributed by atoms with Crippen molar-refractivity contribution in [3.63, 3.8) is 0 Å². The van der Waals surface area contributed by atoms with E-state index in [9.17, 15) is 9.59 Å². The van der Waals surface area contributed by atoms with E-state index >= 15 is 0 Å². The minimum absolute atomic E-state index is 0.257. The molecule has 0 fully saturated rings. The predicted molar refractivity (Wildman–Crippen MR) is 69.0 cm³/mol. The van der Waals surface area contributed by atoms with Gasteiger partial charge in [0.2, 0.25) is 0 Å². The zero-order valence-corrected chi connectivity index (χ0v) is 11.3. The lowest BCUT2D eigenvalue weighted by molar-refractivity contribution is -0.145. The molecule has 0 spiro atoms. The SMILES string of the molecule is CCOC(=O)c1ccn2c1C(C(=O)OCC)CCC2. The van der Waals surface area contributed by atoms with Gasteiger partial charge in [-0.2, -0.15) is 0 Å². The van der Waals surface area contributed by atoms with Crippen molar-refractivity contribution in [2.75, 3.05) is 13.2 Å². The van der Waals surface area contributed by atoms with E-state index in [1.54, 1.807) is 19.9 Å². The third kappa shape index (κ3) is 2.64. The van der Waals surface area contributed by atoms with E-state index in [2.05, 4.69) is 0 Å². The molecule has 5 nitrogen and oxygen atoms in total. The molecule has 1 aromatic rings. The zero-order valence-electron chi connectivity index (χ0n) is 11.3. The molecule has 2 rings (SSSR count). The molecule has 1 atom stereocenters. The summed E-state index contributed by atoms with van der Waals surface area (Å²) in [5, 5.41) is 0. The molecule has 1 aliphatic rings. The zero-order chi connectivity index (χ0) is 13.8. The number of esters is 2. The maximum atomic E-state index is 12.0. The highest BCUT2D eigenvalue weighted by molar-refractivity contribution is 5.93. The number of hydrogen-bond donors (Lipinski definition) is 0. The third-order valence-corrected chi connectivity index (χ3v) is 3.29. The highest BCUT2D eigenvalue weighted by Crippen LogP contribution is 2.32. The molecular formula is C14H19NO4. The lowest BCUT2D eigenvalue weighted by Crippen LogP contribution is -2.25. The Kier molecular flexibility index (Phi) is 4.24. The van der Waals surface area contributed by atoms with E-state index < -0.39 is 0 Å². The molecule has 0 aliphatic carbocycles. The quantitative estimate of drug-likeness (QED) is 0.782. The fourth-order valence-corrected chi connectivity index (χ4v) is 2.52. The summed E-state index contributed by atoms with van der Waals surface area (Å²) in [6.07, 6.45) is 3.47. The Balaban J connectivity index is 2.33. The Morgan fingerprint density at radius 3 is 2.74 bits per heavy atom. The van der Waals surface area contributed by atoms with Gasteiger partial charge >= 0.3 is 11.9 Å². The van der Waals surface area contributed by atoms with Gasteiger partial charge in [-0.25, -0.2) is 4.79 Å². The molecule has 1 aliphatic heterocycles. The van der Waals surface area contributed by atoms with Gasteiger partial charge in [-0.3, -0.25) is 4.79 Å². The van der Waals surface area contributed by atoms with E-state index in [0.717, 1.165) is 25.1 Å². The van der Waals surface area contributed by atoms with E-state index in [-0.39, 0.29) is 17.9 Å². The highest BCUT2D eigenvalue weighted by Gasteiger charge is 2.32. The van der Waals surface area contributed by atoms with Crippen molar-refractivity contribution in [3.05, 3.63) is 23.5 Å². The van der Waals surface area contributed by atoms with Gasteiger partial charge in [0.15, 0.2) is 0 Å². The van der Waals surface area contributed by atoms with E-state index in [4.69, 9.17) is 9.47 Å². The van der Waals surface area contributed by atoms with Crippen molar-refractivity contribution in [1.29, 1.82) is 0 Å². The van der Waals surface area contributed by atoms with E-state index in [0.29, 0.717) is 18.8 Å². The molecular weight excluding hydrogens is 246 g/mol. The first-order valence-electron chi connectivity index (χ1n) is 6.71. The molecule has 104 valence electrons. The topological polar surface area (TPSA) is 57.5 Å². The number of carbonyl (C=O) groups excluding carboxylic acids is 2. The average Bonchev–Trinajstić information content (AvgIpc) is 2.83. The summed E-state index contributed by atoms with van der Waals surface area (Å²) in [6, 6.07) is 1.73. The van der Waals surface area contributed by atoms with Gasteiger partial charge in [0.05, 0.1) is 24.7 Å². The van der Waals surface area contributed by atoms with Crippen LogP contribution in [0.15, 0.2) is 12.3 Å². The standard InChI is InChI=1S/C14H19NO4/c1-3-18-13(16)10-6-5-8-15-9-7-11(12(10)15)14(17)19-4-2/h7,9-10H,3-6,8H2,1-2H3. The first-order chi connectivity index (χ1) is 9.19. The summed E-state index contributed by atoms with van der Waals surface area (Å²) in [4.78, 5) is 23.9. The molecule has 0 saturated heterocycles. The molecule has 2 heterocycles. The molecule has 0 amide bonds. The largest absolute Gasteiger partial charge is 0.465 e. The number of hydrogen-bond acceptors (Lipinski definition) is 4. The molecule has 0 saturated carbocycles. The molecule has 0 aromatic carbocycles. The van der Waals surface area contributed by atoms with Crippen LogP contribution in [0.25, 0.3) is 0 Å². The van der Waals surface area contributed by atoms with Crippen LogP contribution in [-0.4, -0.2) is 29.7 Å². The normalized spacial score (nSPS) is 17.7. The van der Waals surface area contributed by atoms with Crippen molar-refractivity contribution in [3.8, 4) is 0 Å². The lowest BCUT2D eigenvalue weighted by atomic mass is 9.93. The molecule has 0 N–H and O–H groups in total. The maximum Gasteiger partial charge on any atom is 0.339 e. The van der Waals surface area contributed by atoms with Gasteiger partial charge in [-0.15, -0.1) is 0 Å². The van der Waals surface area contributed by atoms with Crippen LogP contribution in [0.1, 0.15) is 48.7 Å². The van der Waals surface area contributed by atoms with Gasteiger partial charge in [0.1, 0.15) is 0 Å². The lowest BCUT2D eigenvalue weighted by Gasteiger charge is -2.24. The third-order valence-electron chi connectivity index (χ3n) is 3.29. The van der Waals surface area contributed by atoms with Crippen LogP contribution in [0.2, 0.25) is 0 Å². The molecule has 19 heavy (non-hydrogen) atoms. The number of fused-ring (bicyclic) bond motifs is 1. The number of ether oxygens (including phenoxy) is 2. The molecule has 0 radical (unpaired) electrons. The first kappa shape index (κ1) is 13.6. The van der Waals surface area contributed by atoms with Crippen LogP contribution in [0.5, 0.6) is 0 Å². The van der Waals surface area contributed by atoms with Gasteiger partial charge in [0.25, 0.3) is 0 Å². The van der Waals surface area contributed by atoms with E-state index in [1.807, 2.05) is 10.8 Å². The van der Waals surface area contributed by atoms with Gasteiger partial charge in [-0.1, -0.05) is 0 Å². The summed E-state index contributed by atoms with van der Waals surface area (Å²) in [6.45, 7) is 5.05. The minimum Gasteiger partial charge on any atom is -0.465 e. The molecule has 1 unspecified atom stereocenters. The fraction of sp³-hybridized carbons (Fsp3) is 0.571. The van der Waals surface area contributed by atoms with Crippen molar-refractivity contribution in [2.24, 2.45) is 0 Å². The van der Waals surface area contributed by atoms with Crippen LogP contribution in [0.3, 0.4) is 0 Å². The summed E-state index contributed by atoms with van der Waals surface area (Å²) >= 11 is 0. The Morgan fingerprint density at radius 2 is 2.05 bits per heavy atom. The minimum atomic E-state index is -0.368. The summed E-state index contributed by atoms with van der Waals surface area (Å²) in [7, 11) is 0. The van der Waals surface area contributed by atoms with Crippen LogP contribution in [0, 0.1) is 0 Å². The number of aromatic nitrogens is 1. The van der Waals surface area contributed by atoms with Crippen LogP contribution >= 0.6 is 0 Å². The summed E-state index contributed by atoms with van der Waals surface area (Å²) < 4.78 is 12.1. The van der Waals surface area contributed by atoms with Crippen molar-refractivity contribution in [2.45, 2.75) is 39.2 Å². The predicted octanol–water partition coefficient (Wildman–Crippen LogP) is 2.11. The number of aryl methyl sites for hydroxylation is 1. The van der Waals surface area contributed by atoms with Gasteiger partial charge in [0, 0.05) is 18.4 Å². The van der Waals surface area contributed by atoms with Crippen molar-refractivity contribution < 1.29 is 19.1 Å². The average molecular weight is 265 g/mol. The second-order valence-corrected chi connectivity index (χ2v) is 4.48. The van der Waals surface area contributed by atoms with Gasteiger partial charge < -0.3 is 14.0 Å². The van der Waals surface area contributed by atoms with Crippen molar-refractivity contribution in [1.82, 2.24) is 4.57 Å². The Hall–Kier alpha value is -1.78.